The molecule has 0 saturated heterocycles. The second kappa shape index (κ2) is 8.14. The molecule has 2 N–H and O–H groups in total. The summed E-state index contributed by atoms with van der Waals surface area (Å²) in [4.78, 5) is 26.0. The Morgan fingerprint density at radius 3 is 2.55 bits per heavy atom. The minimum absolute atomic E-state index is 0.115. The van der Waals surface area contributed by atoms with Gasteiger partial charge in [0.25, 0.3) is 0 Å². The van der Waals surface area contributed by atoms with Gasteiger partial charge in [-0.05, 0) is 98.3 Å². The summed E-state index contributed by atoms with van der Waals surface area (Å²) in [5, 5.41) is 0. The zero-order valence-corrected chi connectivity index (χ0v) is 20.3. The van der Waals surface area contributed by atoms with Crippen LogP contribution in [0.3, 0.4) is 0 Å². The summed E-state index contributed by atoms with van der Waals surface area (Å²) >= 11 is 0. The quantitative estimate of drug-likeness (QED) is 0.669. The number of fused-ring (bicyclic) bond motifs is 5. The summed E-state index contributed by atoms with van der Waals surface area (Å²) in [7, 11) is 0. The van der Waals surface area contributed by atoms with E-state index in [2.05, 4.69) is 43.9 Å². The van der Waals surface area contributed by atoms with Gasteiger partial charge in [0.15, 0.2) is 0 Å². The second-order valence-electron chi connectivity index (χ2n) is 11.4. The molecule has 4 aliphatic rings. The molecule has 4 heteroatoms. The predicted octanol–water partition coefficient (Wildman–Crippen LogP) is 5.44. The molecular weight excluding hydrogens is 408 g/mol. The third kappa shape index (κ3) is 3.48. The van der Waals surface area contributed by atoms with Crippen molar-refractivity contribution in [3.8, 4) is 0 Å². The summed E-state index contributed by atoms with van der Waals surface area (Å²) < 4.78 is 0. The number of benzene rings is 1. The van der Waals surface area contributed by atoms with Crippen LogP contribution < -0.4 is 5.73 Å². The number of hydrogen-bond acceptors (Lipinski definition) is 2. The van der Waals surface area contributed by atoms with Gasteiger partial charge in [0.2, 0.25) is 11.8 Å². The van der Waals surface area contributed by atoms with E-state index < -0.39 is 0 Å². The molecule has 0 spiro atoms. The lowest BCUT2D eigenvalue weighted by molar-refractivity contribution is -0.140. The fourth-order valence-corrected chi connectivity index (χ4v) is 8.32. The molecule has 0 unspecified atom stereocenters. The molecule has 3 aliphatic carbocycles. The maximum Gasteiger partial charge on any atom is 0.248 e. The number of primary amides is 1. The standard InChI is InChI=1S/C29H38N2O2/c1-4-31-25-14-12-22-23-13-11-21(10-7-19-5-8-20(9-6-19)27(30)33)28(23,2)17-15-24(22)29(25,3)18-16-26(31)32/h5-10,16,18,21-25H,4,11-15,17H2,1-3H3,(H2,30,33)/b10-7+/t21-,22-,23-,24-,25+,28+,29+/m0/s1. The highest BCUT2D eigenvalue weighted by molar-refractivity contribution is 5.92. The highest BCUT2D eigenvalue weighted by Crippen LogP contribution is 2.65. The molecule has 2 amide bonds. The fraction of sp³-hybridized carbons (Fsp3) is 0.586. The van der Waals surface area contributed by atoms with Crippen molar-refractivity contribution in [3.05, 3.63) is 53.6 Å². The number of nitrogens with zero attached hydrogens (tertiary/aromatic N) is 1. The number of nitrogens with two attached hydrogens (primary N) is 1. The number of carbonyl (C=O) groups excluding carboxylic acids is 2. The molecule has 3 fully saturated rings. The molecule has 0 bridgehead atoms. The second-order valence-corrected chi connectivity index (χ2v) is 11.4. The maximum atomic E-state index is 12.5. The Kier molecular flexibility index (Phi) is 5.54. The van der Waals surface area contributed by atoms with E-state index >= 15 is 0 Å². The number of rotatable bonds is 4. The summed E-state index contributed by atoms with van der Waals surface area (Å²) in [5.74, 6) is 2.62. The zero-order chi connectivity index (χ0) is 23.4. The Morgan fingerprint density at radius 1 is 1.09 bits per heavy atom. The van der Waals surface area contributed by atoms with Gasteiger partial charge in [0.1, 0.15) is 0 Å². The van der Waals surface area contributed by atoms with Gasteiger partial charge in [0, 0.05) is 23.6 Å². The molecule has 176 valence electrons. The van der Waals surface area contributed by atoms with Gasteiger partial charge in [0.05, 0.1) is 0 Å². The highest BCUT2D eigenvalue weighted by Gasteiger charge is 2.60. The van der Waals surface area contributed by atoms with Crippen LogP contribution in [0.4, 0.5) is 0 Å². The molecule has 1 aromatic carbocycles. The van der Waals surface area contributed by atoms with Crippen LogP contribution in [-0.4, -0.2) is 29.3 Å². The van der Waals surface area contributed by atoms with Crippen LogP contribution in [0.1, 0.15) is 75.2 Å². The summed E-state index contributed by atoms with van der Waals surface area (Å²) in [6.45, 7) is 7.91. The molecule has 7 atom stereocenters. The van der Waals surface area contributed by atoms with E-state index in [1.165, 1.54) is 32.1 Å². The van der Waals surface area contributed by atoms with E-state index in [-0.39, 0.29) is 17.2 Å². The van der Waals surface area contributed by atoms with E-state index in [0.717, 1.165) is 30.4 Å². The van der Waals surface area contributed by atoms with Crippen LogP contribution in [0, 0.1) is 34.5 Å². The number of hydrogen-bond donors (Lipinski definition) is 1. The number of carbonyl (C=O) groups is 2. The third-order valence-corrected chi connectivity index (χ3v) is 10.1. The van der Waals surface area contributed by atoms with E-state index in [1.807, 2.05) is 30.3 Å². The van der Waals surface area contributed by atoms with Crippen molar-refractivity contribution in [3.63, 3.8) is 0 Å². The van der Waals surface area contributed by atoms with Crippen LogP contribution in [-0.2, 0) is 4.79 Å². The van der Waals surface area contributed by atoms with Crippen molar-refractivity contribution in [2.24, 2.45) is 40.2 Å². The maximum absolute atomic E-state index is 12.5. The van der Waals surface area contributed by atoms with Crippen LogP contribution in [0.5, 0.6) is 0 Å². The Morgan fingerprint density at radius 2 is 1.85 bits per heavy atom. The SMILES string of the molecule is CCN1C(=O)C=C[C@]2(C)[C@H]3CC[C@]4(C)[C@@H](/C=C/c5ccc(C(N)=O)cc5)CC[C@H]4[C@@H]3CC[C@@H]12. The molecule has 1 aromatic rings. The Hall–Kier alpha value is -2.36. The number of amides is 2. The first-order valence-corrected chi connectivity index (χ1v) is 12.9. The monoisotopic (exact) mass is 446 g/mol. The molecule has 0 aromatic heterocycles. The van der Waals surface area contributed by atoms with Gasteiger partial charge in [-0.25, -0.2) is 0 Å². The van der Waals surface area contributed by atoms with E-state index in [1.54, 1.807) is 0 Å². The van der Waals surface area contributed by atoms with Crippen molar-refractivity contribution in [2.45, 2.75) is 65.3 Å². The lowest BCUT2D eigenvalue weighted by Gasteiger charge is -2.60. The fourth-order valence-electron chi connectivity index (χ4n) is 8.32. The number of allylic oxidation sites excluding steroid dienone is 1. The van der Waals surface area contributed by atoms with Gasteiger partial charge in [-0.2, -0.15) is 0 Å². The smallest absolute Gasteiger partial charge is 0.248 e. The van der Waals surface area contributed by atoms with Crippen molar-refractivity contribution >= 4 is 17.9 Å². The Balaban J connectivity index is 1.35. The zero-order valence-electron chi connectivity index (χ0n) is 20.3. The van der Waals surface area contributed by atoms with E-state index in [9.17, 15) is 9.59 Å². The molecule has 1 aliphatic heterocycles. The molecule has 5 rings (SSSR count). The minimum Gasteiger partial charge on any atom is -0.366 e. The average molecular weight is 447 g/mol. The highest BCUT2D eigenvalue weighted by atomic mass is 16.2. The number of likely N-dealkylation sites (N-methyl/N-ethyl adjacent to an activating group) is 1. The van der Waals surface area contributed by atoms with Crippen LogP contribution >= 0.6 is 0 Å². The van der Waals surface area contributed by atoms with Gasteiger partial charge >= 0.3 is 0 Å². The van der Waals surface area contributed by atoms with E-state index in [4.69, 9.17) is 5.73 Å². The summed E-state index contributed by atoms with van der Waals surface area (Å²) in [5.41, 5.74) is 7.53. The molecule has 4 nitrogen and oxygen atoms in total. The first-order valence-electron chi connectivity index (χ1n) is 12.9. The first-order chi connectivity index (χ1) is 15.8. The topological polar surface area (TPSA) is 63.4 Å². The minimum atomic E-state index is -0.379. The lowest BCUT2D eigenvalue weighted by atomic mass is 9.47. The molecule has 1 heterocycles. The van der Waals surface area contributed by atoms with E-state index in [0.29, 0.717) is 28.9 Å². The molecule has 3 saturated carbocycles. The summed E-state index contributed by atoms with van der Waals surface area (Å²) in [6.07, 6.45) is 16.3. The normalized spacial score (nSPS) is 39.9. The van der Waals surface area contributed by atoms with Crippen molar-refractivity contribution in [1.29, 1.82) is 0 Å². The van der Waals surface area contributed by atoms with Crippen molar-refractivity contribution in [1.82, 2.24) is 4.90 Å². The average Bonchev–Trinajstić information content (AvgIpc) is 3.14. The molecule has 0 radical (unpaired) electrons. The molecule has 33 heavy (non-hydrogen) atoms. The van der Waals surface area contributed by atoms with Gasteiger partial charge in [-0.15, -0.1) is 0 Å². The van der Waals surface area contributed by atoms with Crippen molar-refractivity contribution in [2.75, 3.05) is 6.54 Å². The summed E-state index contributed by atoms with van der Waals surface area (Å²) in [6, 6.07) is 7.97. The largest absolute Gasteiger partial charge is 0.366 e. The van der Waals surface area contributed by atoms with Crippen LogP contribution in [0.25, 0.3) is 6.08 Å². The van der Waals surface area contributed by atoms with Crippen LogP contribution in [0.15, 0.2) is 42.5 Å². The lowest BCUT2D eigenvalue weighted by Crippen LogP contribution is -2.60. The van der Waals surface area contributed by atoms with Crippen LogP contribution in [0.2, 0.25) is 0 Å². The van der Waals surface area contributed by atoms with Gasteiger partial charge in [-0.1, -0.05) is 44.2 Å². The first kappa shape index (κ1) is 22.4. The third-order valence-electron chi connectivity index (χ3n) is 10.1. The Labute approximate surface area is 198 Å². The Bertz CT molecular complexity index is 995. The van der Waals surface area contributed by atoms with Crippen molar-refractivity contribution < 1.29 is 9.59 Å². The van der Waals surface area contributed by atoms with Gasteiger partial charge < -0.3 is 10.6 Å². The van der Waals surface area contributed by atoms with Gasteiger partial charge in [-0.3, -0.25) is 9.59 Å². The predicted molar refractivity (Wildman–Crippen MR) is 132 cm³/mol. The molecular formula is C29H38N2O2.